The standard InChI is InChI=1S/C19H30N2O4/c1-15(19(23)25-5)14-21(12-6-11-20(2)3)18(22)13-16-7-9-17(24-4)10-8-16/h7-10,15H,6,11-14H2,1-5H3. The van der Waals surface area contributed by atoms with Gasteiger partial charge in [-0.2, -0.15) is 0 Å². The lowest BCUT2D eigenvalue weighted by Crippen LogP contribution is -2.39. The molecular formula is C19H30N2O4. The van der Waals surface area contributed by atoms with Gasteiger partial charge in [-0.3, -0.25) is 9.59 Å². The predicted octanol–water partition coefficient (Wildman–Crippen LogP) is 1.83. The summed E-state index contributed by atoms with van der Waals surface area (Å²) in [5.41, 5.74) is 0.925. The maximum Gasteiger partial charge on any atom is 0.310 e. The van der Waals surface area contributed by atoms with Gasteiger partial charge in [0.15, 0.2) is 0 Å². The van der Waals surface area contributed by atoms with Gasteiger partial charge in [-0.05, 0) is 44.8 Å². The van der Waals surface area contributed by atoms with Gasteiger partial charge in [-0.25, -0.2) is 0 Å². The summed E-state index contributed by atoms with van der Waals surface area (Å²) < 4.78 is 9.92. The fourth-order valence-corrected chi connectivity index (χ4v) is 2.53. The van der Waals surface area contributed by atoms with E-state index in [9.17, 15) is 9.59 Å². The van der Waals surface area contributed by atoms with Crippen molar-refractivity contribution >= 4 is 11.9 Å². The molecular weight excluding hydrogens is 320 g/mol. The lowest BCUT2D eigenvalue weighted by Gasteiger charge is -2.26. The highest BCUT2D eigenvalue weighted by Gasteiger charge is 2.21. The number of methoxy groups -OCH3 is 2. The second-order valence-corrected chi connectivity index (χ2v) is 6.45. The van der Waals surface area contributed by atoms with E-state index >= 15 is 0 Å². The first-order valence-electron chi connectivity index (χ1n) is 8.50. The van der Waals surface area contributed by atoms with Crippen LogP contribution in [0.15, 0.2) is 24.3 Å². The Bertz CT molecular complexity index is 543. The number of carbonyl (C=O) groups is 2. The van der Waals surface area contributed by atoms with Crippen LogP contribution in [0.4, 0.5) is 0 Å². The fraction of sp³-hybridized carbons (Fsp3) is 0.579. The van der Waals surface area contributed by atoms with Crippen molar-refractivity contribution in [3.63, 3.8) is 0 Å². The molecule has 0 N–H and O–H groups in total. The smallest absolute Gasteiger partial charge is 0.310 e. The van der Waals surface area contributed by atoms with Crippen molar-refractivity contribution in [1.29, 1.82) is 0 Å². The number of ether oxygens (including phenoxy) is 2. The number of benzene rings is 1. The molecule has 0 aliphatic carbocycles. The molecule has 1 amide bonds. The Balaban J connectivity index is 2.73. The van der Waals surface area contributed by atoms with Gasteiger partial charge in [0.25, 0.3) is 0 Å². The molecule has 0 radical (unpaired) electrons. The summed E-state index contributed by atoms with van der Waals surface area (Å²) in [6, 6.07) is 7.46. The number of esters is 1. The predicted molar refractivity (Wildman–Crippen MR) is 97.6 cm³/mol. The molecule has 1 atom stereocenters. The van der Waals surface area contributed by atoms with Gasteiger partial charge in [0.2, 0.25) is 5.91 Å². The third kappa shape index (κ3) is 7.56. The molecule has 0 spiro atoms. The Kier molecular flexibility index (Phi) is 8.99. The van der Waals surface area contributed by atoms with Crippen molar-refractivity contribution in [2.45, 2.75) is 19.8 Å². The summed E-state index contributed by atoms with van der Waals surface area (Å²) in [6.45, 7) is 3.66. The van der Waals surface area contributed by atoms with Crippen LogP contribution in [-0.2, 0) is 20.7 Å². The van der Waals surface area contributed by atoms with E-state index in [2.05, 4.69) is 4.90 Å². The van der Waals surface area contributed by atoms with Crippen molar-refractivity contribution in [2.24, 2.45) is 5.92 Å². The average Bonchev–Trinajstić information content (AvgIpc) is 2.60. The molecule has 0 aliphatic heterocycles. The number of hydrogen-bond donors (Lipinski definition) is 0. The second-order valence-electron chi connectivity index (χ2n) is 6.45. The molecule has 6 heteroatoms. The Morgan fingerprint density at radius 1 is 1.08 bits per heavy atom. The van der Waals surface area contributed by atoms with Crippen LogP contribution in [0, 0.1) is 5.92 Å². The van der Waals surface area contributed by atoms with Crippen LogP contribution >= 0.6 is 0 Å². The molecule has 1 aromatic rings. The molecule has 25 heavy (non-hydrogen) atoms. The summed E-state index contributed by atoms with van der Waals surface area (Å²) >= 11 is 0. The average molecular weight is 350 g/mol. The topological polar surface area (TPSA) is 59.1 Å². The second kappa shape index (κ2) is 10.7. The lowest BCUT2D eigenvalue weighted by atomic mass is 10.1. The molecule has 0 saturated carbocycles. The Hall–Kier alpha value is -2.08. The third-order valence-corrected chi connectivity index (χ3v) is 4.00. The highest BCUT2D eigenvalue weighted by atomic mass is 16.5. The van der Waals surface area contributed by atoms with Crippen LogP contribution < -0.4 is 4.74 Å². The molecule has 0 heterocycles. The third-order valence-electron chi connectivity index (χ3n) is 4.00. The van der Waals surface area contributed by atoms with E-state index in [0.717, 1.165) is 24.3 Å². The molecule has 0 fully saturated rings. The molecule has 1 aromatic carbocycles. The van der Waals surface area contributed by atoms with Crippen molar-refractivity contribution in [2.75, 3.05) is 47.9 Å². The minimum atomic E-state index is -0.343. The Labute approximate surface area is 150 Å². The highest BCUT2D eigenvalue weighted by Crippen LogP contribution is 2.13. The van der Waals surface area contributed by atoms with Gasteiger partial charge in [0.05, 0.1) is 26.6 Å². The molecule has 6 nitrogen and oxygen atoms in total. The summed E-state index contributed by atoms with van der Waals surface area (Å²) in [6.07, 6.45) is 1.16. The normalized spacial score (nSPS) is 11.9. The van der Waals surface area contributed by atoms with Crippen molar-refractivity contribution in [3.05, 3.63) is 29.8 Å². The summed E-state index contributed by atoms with van der Waals surface area (Å²) in [4.78, 5) is 28.3. The van der Waals surface area contributed by atoms with E-state index in [1.165, 1.54) is 7.11 Å². The summed E-state index contributed by atoms with van der Waals surface area (Å²) in [5, 5.41) is 0. The van der Waals surface area contributed by atoms with Crippen LogP contribution in [-0.4, -0.2) is 69.6 Å². The number of amides is 1. The first kappa shape index (κ1) is 21.0. The van der Waals surface area contributed by atoms with Crippen LogP contribution in [0.1, 0.15) is 18.9 Å². The van der Waals surface area contributed by atoms with E-state index < -0.39 is 0 Å². The van der Waals surface area contributed by atoms with Crippen LogP contribution in [0.3, 0.4) is 0 Å². The summed E-state index contributed by atoms with van der Waals surface area (Å²) in [5.74, 6) is 0.136. The zero-order valence-electron chi connectivity index (χ0n) is 15.9. The van der Waals surface area contributed by atoms with Gasteiger partial charge in [0, 0.05) is 13.1 Å². The fourth-order valence-electron chi connectivity index (χ4n) is 2.53. The van der Waals surface area contributed by atoms with Crippen LogP contribution in [0.5, 0.6) is 5.75 Å². The van der Waals surface area contributed by atoms with Gasteiger partial charge < -0.3 is 19.3 Å². The van der Waals surface area contributed by atoms with Gasteiger partial charge in [-0.15, -0.1) is 0 Å². The first-order chi connectivity index (χ1) is 11.9. The zero-order chi connectivity index (χ0) is 18.8. The molecule has 140 valence electrons. The van der Waals surface area contributed by atoms with Crippen molar-refractivity contribution < 1.29 is 19.1 Å². The van der Waals surface area contributed by atoms with Crippen molar-refractivity contribution in [1.82, 2.24) is 9.80 Å². The largest absolute Gasteiger partial charge is 0.497 e. The van der Waals surface area contributed by atoms with Gasteiger partial charge in [-0.1, -0.05) is 19.1 Å². The van der Waals surface area contributed by atoms with E-state index in [0.29, 0.717) is 19.5 Å². The minimum Gasteiger partial charge on any atom is -0.497 e. The number of hydrogen-bond acceptors (Lipinski definition) is 5. The molecule has 1 rings (SSSR count). The highest BCUT2D eigenvalue weighted by molar-refractivity contribution is 5.80. The van der Waals surface area contributed by atoms with Gasteiger partial charge in [0.1, 0.15) is 5.75 Å². The summed E-state index contributed by atoms with van der Waals surface area (Å²) in [7, 11) is 6.98. The van der Waals surface area contributed by atoms with E-state index in [4.69, 9.17) is 9.47 Å². The molecule has 1 unspecified atom stereocenters. The quantitative estimate of drug-likeness (QED) is 0.603. The van der Waals surface area contributed by atoms with Crippen LogP contribution in [0.2, 0.25) is 0 Å². The Morgan fingerprint density at radius 3 is 2.24 bits per heavy atom. The number of rotatable bonds is 10. The first-order valence-corrected chi connectivity index (χ1v) is 8.50. The molecule has 0 saturated heterocycles. The lowest BCUT2D eigenvalue weighted by molar-refractivity contribution is -0.146. The zero-order valence-corrected chi connectivity index (χ0v) is 15.9. The molecule has 0 bridgehead atoms. The van der Waals surface area contributed by atoms with E-state index in [-0.39, 0.29) is 17.8 Å². The SMILES string of the molecule is COC(=O)C(C)CN(CCCN(C)C)C(=O)Cc1ccc(OC)cc1. The number of nitrogens with zero attached hydrogens (tertiary/aromatic N) is 2. The minimum absolute atomic E-state index is 0.0136. The van der Waals surface area contributed by atoms with Crippen molar-refractivity contribution in [3.8, 4) is 5.75 Å². The van der Waals surface area contributed by atoms with E-state index in [1.54, 1.807) is 18.9 Å². The number of carbonyl (C=O) groups excluding carboxylic acids is 2. The monoisotopic (exact) mass is 350 g/mol. The Morgan fingerprint density at radius 2 is 1.72 bits per heavy atom. The van der Waals surface area contributed by atoms with Crippen LogP contribution in [0.25, 0.3) is 0 Å². The van der Waals surface area contributed by atoms with E-state index in [1.807, 2.05) is 38.4 Å². The van der Waals surface area contributed by atoms with Gasteiger partial charge >= 0.3 is 5.97 Å². The molecule has 0 aromatic heterocycles. The maximum atomic E-state index is 12.7. The molecule has 0 aliphatic rings. The maximum absolute atomic E-state index is 12.7.